The lowest BCUT2D eigenvalue weighted by Crippen LogP contribution is -2.71. The van der Waals surface area contributed by atoms with Crippen LogP contribution in [0, 0.1) is 11.6 Å². The zero-order valence-corrected chi connectivity index (χ0v) is 14.1. The highest BCUT2D eigenvalue weighted by molar-refractivity contribution is 5.91. The SMILES string of the molecule is C[C@@]1(c2cc(F)cc(F)c2)CN(C(=O)O)C2(CCCCCC2)C(=O)N1. The van der Waals surface area contributed by atoms with E-state index in [9.17, 15) is 23.5 Å². The van der Waals surface area contributed by atoms with Crippen LogP contribution in [-0.4, -0.2) is 34.1 Å². The van der Waals surface area contributed by atoms with Gasteiger partial charge in [-0.3, -0.25) is 9.69 Å². The lowest BCUT2D eigenvalue weighted by molar-refractivity contribution is -0.142. The summed E-state index contributed by atoms with van der Waals surface area (Å²) in [6.07, 6.45) is 3.26. The smallest absolute Gasteiger partial charge is 0.408 e. The largest absolute Gasteiger partial charge is 0.465 e. The molecule has 1 atom stereocenters. The van der Waals surface area contributed by atoms with Crippen molar-refractivity contribution in [2.45, 2.75) is 56.5 Å². The Morgan fingerprint density at radius 2 is 1.68 bits per heavy atom. The van der Waals surface area contributed by atoms with Crippen LogP contribution in [0.3, 0.4) is 0 Å². The number of piperazine rings is 1. The molecule has 1 aliphatic heterocycles. The molecule has 7 heteroatoms. The number of hydrogen-bond acceptors (Lipinski definition) is 2. The van der Waals surface area contributed by atoms with Crippen molar-refractivity contribution in [1.82, 2.24) is 10.2 Å². The average molecular weight is 352 g/mol. The molecule has 2 aliphatic rings. The van der Waals surface area contributed by atoms with Gasteiger partial charge in [-0.1, -0.05) is 25.7 Å². The molecule has 2 N–H and O–H groups in total. The Kier molecular flexibility index (Phi) is 4.43. The number of carbonyl (C=O) groups is 2. The molecule has 5 nitrogen and oxygen atoms in total. The molecular formula is C18H22F2N2O3. The fourth-order valence-corrected chi connectivity index (χ4v) is 4.09. The third kappa shape index (κ3) is 3.07. The molecule has 1 spiro atoms. The quantitative estimate of drug-likeness (QED) is 0.814. The van der Waals surface area contributed by atoms with Crippen molar-refractivity contribution in [3.8, 4) is 0 Å². The fourth-order valence-electron chi connectivity index (χ4n) is 4.09. The first-order valence-electron chi connectivity index (χ1n) is 8.57. The van der Waals surface area contributed by atoms with Crippen molar-refractivity contribution >= 4 is 12.0 Å². The Bertz CT molecular complexity index is 681. The number of nitrogens with zero attached hydrogens (tertiary/aromatic N) is 1. The van der Waals surface area contributed by atoms with Crippen LogP contribution in [0.4, 0.5) is 13.6 Å². The maximum Gasteiger partial charge on any atom is 0.408 e. The van der Waals surface area contributed by atoms with Crippen molar-refractivity contribution in [1.29, 1.82) is 0 Å². The minimum absolute atomic E-state index is 0.0447. The Labute approximate surface area is 145 Å². The Morgan fingerprint density at radius 1 is 1.12 bits per heavy atom. The summed E-state index contributed by atoms with van der Waals surface area (Å²) in [6, 6.07) is 3.02. The maximum absolute atomic E-state index is 13.6. The van der Waals surface area contributed by atoms with Gasteiger partial charge in [-0.15, -0.1) is 0 Å². The normalized spacial score (nSPS) is 26.2. The van der Waals surface area contributed by atoms with Crippen LogP contribution in [0.2, 0.25) is 0 Å². The number of benzene rings is 1. The van der Waals surface area contributed by atoms with Crippen LogP contribution in [-0.2, 0) is 10.3 Å². The van der Waals surface area contributed by atoms with Gasteiger partial charge >= 0.3 is 6.09 Å². The van der Waals surface area contributed by atoms with Crippen molar-refractivity contribution in [2.24, 2.45) is 0 Å². The number of halogens is 2. The van der Waals surface area contributed by atoms with E-state index >= 15 is 0 Å². The third-order valence-electron chi connectivity index (χ3n) is 5.46. The van der Waals surface area contributed by atoms with Gasteiger partial charge in [-0.25, -0.2) is 13.6 Å². The molecule has 25 heavy (non-hydrogen) atoms. The summed E-state index contributed by atoms with van der Waals surface area (Å²) in [5.74, 6) is -1.90. The Hall–Kier alpha value is -2.18. The molecule has 0 unspecified atom stereocenters. The van der Waals surface area contributed by atoms with Gasteiger partial charge in [0.25, 0.3) is 0 Å². The van der Waals surface area contributed by atoms with E-state index in [1.54, 1.807) is 6.92 Å². The van der Waals surface area contributed by atoms with Crippen LogP contribution in [0.5, 0.6) is 0 Å². The zero-order valence-electron chi connectivity index (χ0n) is 14.1. The predicted octanol–water partition coefficient (Wildman–Crippen LogP) is 3.38. The topological polar surface area (TPSA) is 69.6 Å². The van der Waals surface area contributed by atoms with Crippen LogP contribution >= 0.6 is 0 Å². The summed E-state index contributed by atoms with van der Waals surface area (Å²) in [4.78, 5) is 26.1. The van der Waals surface area contributed by atoms with Gasteiger partial charge < -0.3 is 10.4 Å². The number of hydrogen-bond donors (Lipinski definition) is 2. The summed E-state index contributed by atoms with van der Waals surface area (Å²) < 4.78 is 27.3. The van der Waals surface area contributed by atoms with Crippen molar-refractivity contribution in [2.75, 3.05) is 6.54 Å². The van der Waals surface area contributed by atoms with Crippen molar-refractivity contribution < 1.29 is 23.5 Å². The first kappa shape index (κ1) is 17.6. The molecule has 0 radical (unpaired) electrons. The van der Waals surface area contributed by atoms with Crippen LogP contribution in [0.15, 0.2) is 18.2 Å². The first-order valence-corrected chi connectivity index (χ1v) is 8.57. The second kappa shape index (κ2) is 6.28. The summed E-state index contributed by atoms with van der Waals surface area (Å²) in [5, 5.41) is 12.6. The zero-order chi connectivity index (χ0) is 18.2. The molecular weight excluding hydrogens is 330 g/mol. The molecule has 136 valence electrons. The molecule has 0 aromatic heterocycles. The first-order chi connectivity index (χ1) is 11.8. The van der Waals surface area contributed by atoms with E-state index in [1.165, 1.54) is 4.90 Å². The summed E-state index contributed by atoms with van der Waals surface area (Å²) in [7, 11) is 0. The number of carbonyl (C=O) groups excluding carboxylic acids is 1. The van der Waals surface area contributed by atoms with E-state index in [4.69, 9.17) is 0 Å². The monoisotopic (exact) mass is 352 g/mol. The van der Waals surface area contributed by atoms with E-state index in [1.807, 2.05) is 0 Å². The number of nitrogens with one attached hydrogen (secondary N) is 1. The number of amides is 2. The Balaban J connectivity index is 2.01. The van der Waals surface area contributed by atoms with E-state index < -0.39 is 28.8 Å². The number of rotatable bonds is 1. The average Bonchev–Trinajstić information content (AvgIpc) is 2.77. The summed E-state index contributed by atoms with van der Waals surface area (Å²) in [5.41, 5.74) is -2.06. The lowest BCUT2D eigenvalue weighted by atomic mass is 9.79. The highest BCUT2D eigenvalue weighted by Gasteiger charge is 2.54. The number of carboxylic acid groups (broad SMARTS) is 1. The van der Waals surface area contributed by atoms with Crippen LogP contribution < -0.4 is 5.32 Å². The third-order valence-corrected chi connectivity index (χ3v) is 5.46. The molecule has 1 saturated carbocycles. The van der Waals surface area contributed by atoms with Crippen LogP contribution in [0.1, 0.15) is 51.0 Å². The van der Waals surface area contributed by atoms with E-state index in [0.717, 1.165) is 43.9 Å². The minimum Gasteiger partial charge on any atom is -0.465 e. The molecule has 1 heterocycles. The predicted molar refractivity (Wildman–Crippen MR) is 87.0 cm³/mol. The molecule has 2 fully saturated rings. The van der Waals surface area contributed by atoms with Gasteiger partial charge in [0.1, 0.15) is 17.2 Å². The van der Waals surface area contributed by atoms with Gasteiger partial charge in [-0.05, 0) is 37.5 Å². The summed E-state index contributed by atoms with van der Waals surface area (Å²) >= 11 is 0. The van der Waals surface area contributed by atoms with Crippen molar-refractivity contribution in [3.63, 3.8) is 0 Å². The van der Waals surface area contributed by atoms with Gasteiger partial charge in [0.05, 0.1) is 12.1 Å². The summed E-state index contributed by atoms with van der Waals surface area (Å²) in [6.45, 7) is 1.55. The standard InChI is InChI=1S/C18H22F2N2O3/c1-17(12-8-13(19)10-14(20)9-12)11-22(16(24)25)18(15(23)21-17)6-4-2-3-5-7-18/h8-10H,2-7,11H2,1H3,(H,21,23)(H,24,25)/t17-/m0/s1. The second-order valence-corrected chi connectivity index (χ2v) is 7.26. The fraction of sp³-hybridized carbons (Fsp3) is 0.556. The molecule has 1 aliphatic carbocycles. The lowest BCUT2D eigenvalue weighted by Gasteiger charge is -2.51. The highest BCUT2D eigenvalue weighted by Crippen LogP contribution is 2.39. The molecule has 0 bridgehead atoms. The van der Waals surface area contributed by atoms with Gasteiger partial charge in [-0.2, -0.15) is 0 Å². The molecule has 2 amide bonds. The maximum atomic E-state index is 13.6. The van der Waals surface area contributed by atoms with E-state index in [0.29, 0.717) is 12.8 Å². The Morgan fingerprint density at radius 3 is 2.20 bits per heavy atom. The van der Waals surface area contributed by atoms with E-state index in [2.05, 4.69) is 5.32 Å². The van der Waals surface area contributed by atoms with Crippen molar-refractivity contribution in [3.05, 3.63) is 35.4 Å². The van der Waals surface area contributed by atoms with Gasteiger partial charge in [0.15, 0.2) is 0 Å². The second-order valence-electron chi connectivity index (χ2n) is 7.26. The molecule has 1 saturated heterocycles. The van der Waals surface area contributed by atoms with Gasteiger partial charge in [0, 0.05) is 6.07 Å². The highest BCUT2D eigenvalue weighted by atomic mass is 19.1. The molecule has 3 rings (SSSR count). The molecule has 1 aromatic carbocycles. The van der Waals surface area contributed by atoms with E-state index in [-0.39, 0.29) is 18.0 Å². The van der Waals surface area contributed by atoms with Gasteiger partial charge in [0.2, 0.25) is 5.91 Å². The van der Waals surface area contributed by atoms with Crippen LogP contribution in [0.25, 0.3) is 0 Å². The molecule has 1 aromatic rings. The minimum atomic E-state index is -1.18.